The van der Waals surface area contributed by atoms with Gasteiger partial charge in [-0.2, -0.15) is 10.5 Å². The third kappa shape index (κ3) is 2.93. The number of anilines is 1. The summed E-state index contributed by atoms with van der Waals surface area (Å²) in [7, 11) is 0. The lowest BCUT2D eigenvalue weighted by Gasteiger charge is -2.57. The van der Waals surface area contributed by atoms with Crippen LogP contribution < -0.4 is 4.90 Å². The van der Waals surface area contributed by atoms with E-state index < -0.39 is 23.4 Å². The molecule has 6 aliphatic rings. The number of ketones is 1. The van der Waals surface area contributed by atoms with Crippen molar-refractivity contribution in [2.75, 3.05) is 4.90 Å². The van der Waals surface area contributed by atoms with Crippen molar-refractivity contribution in [2.45, 2.75) is 56.5 Å². The molecule has 0 N–H and O–H groups in total. The number of carbonyl (C=O) groups excluding carboxylic acids is 1. The molecular formula is C31H28IN3O. The zero-order valence-corrected chi connectivity index (χ0v) is 22.3. The van der Waals surface area contributed by atoms with Crippen molar-refractivity contribution in [1.29, 1.82) is 10.5 Å². The zero-order chi connectivity index (χ0) is 24.7. The Morgan fingerprint density at radius 3 is 2.17 bits per heavy atom. The minimum Gasteiger partial charge on any atom is -0.351 e. The normalized spacial score (nSPS) is 36.6. The third-order valence-electron chi connectivity index (χ3n) is 9.99. The van der Waals surface area contributed by atoms with E-state index in [0.29, 0.717) is 17.8 Å². The second-order valence-corrected chi connectivity index (χ2v) is 13.0. The zero-order valence-electron chi connectivity index (χ0n) is 20.1. The van der Waals surface area contributed by atoms with Crippen LogP contribution in [-0.4, -0.2) is 17.9 Å². The quantitative estimate of drug-likeness (QED) is 0.387. The van der Waals surface area contributed by atoms with Gasteiger partial charge in [0.15, 0.2) is 11.2 Å². The number of hydrogen-bond donors (Lipinski definition) is 0. The first-order valence-electron chi connectivity index (χ1n) is 13.2. The van der Waals surface area contributed by atoms with Crippen LogP contribution in [0.3, 0.4) is 0 Å². The van der Waals surface area contributed by atoms with Crippen LogP contribution >= 0.6 is 22.6 Å². The summed E-state index contributed by atoms with van der Waals surface area (Å²) < 4.78 is 1.01. The minimum atomic E-state index is -1.35. The highest BCUT2D eigenvalue weighted by atomic mass is 127. The Bertz CT molecular complexity index is 1330. The topological polar surface area (TPSA) is 67.9 Å². The molecule has 0 radical (unpaired) electrons. The molecule has 0 amide bonds. The maximum atomic E-state index is 15.1. The van der Waals surface area contributed by atoms with Crippen LogP contribution in [0.4, 0.5) is 5.69 Å². The van der Waals surface area contributed by atoms with Crippen molar-refractivity contribution < 1.29 is 4.79 Å². The van der Waals surface area contributed by atoms with Crippen molar-refractivity contribution in [3.63, 3.8) is 0 Å². The van der Waals surface area contributed by atoms with E-state index in [1.165, 1.54) is 19.3 Å². The van der Waals surface area contributed by atoms with Crippen LogP contribution in [0.1, 0.15) is 55.6 Å². The van der Waals surface area contributed by atoms with E-state index in [2.05, 4.69) is 51.8 Å². The molecule has 5 heteroatoms. The summed E-state index contributed by atoms with van der Waals surface area (Å²) in [6.07, 6.45) is 10.8. The first-order valence-corrected chi connectivity index (χ1v) is 14.2. The van der Waals surface area contributed by atoms with Gasteiger partial charge in [-0.15, -0.1) is 0 Å². The molecule has 0 unspecified atom stereocenters. The molecular weight excluding hydrogens is 557 g/mol. The van der Waals surface area contributed by atoms with Crippen molar-refractivity contribution >= 4 is 40.1 Å². The Kier molecular flexibility index (Phi) is 4.97. The highest BCUT2D eigenvalue weighted by Crippen LogP contribution is 2.64. The lowest BCUT2D eigenvalue weighted by Crippen LogP contribution is -2.56. The second-order valence-electron chi connectivity index (χ2n) is 11.9. The summed E-state index contributed by atoms with van der Waals surface area (Å²) in [5.74, 6) is 1.73. The Balaban J connectivity index is 1.46. The van der Waals surface area contributed by atoms with Crippen LogP contribution in [-0.2, 0) is 4.79 Å². The van der Waals surface area contributed by atoms with Crippen LogP contribution in [0.15, 0.2) is 54.6 Å². The average molecular weight is 585 g/mol. The fraction of sp³-hybridized carbons (Fsp3) is 0.452. The number of rotatable bonds is 3. The highest BCUT2D eigenvalue weighted by molar-refractivity contribution is 14.1. The molecule has 4 aliphatic carbocycles. The van der Waals surface area contributed by atoms with Gasteiger partial charge < -0.3 is 4.90 Å². The summed E-state index contributed by atoms with van der Waals surface area (Å²) in [5, 5.41) is 21.4. The molecule has 4 nitrogen and oxygen atoms in total. The van der Waals surface area contributed by atoms with Crippen molar-refractivity contribution in [3.05, 3.63) is 69.3 Å². The molecule has 36 heavy (non-hydrogen) atoms. The standard InChI is InChI=1S/C31H28IN3O/c32-24-7-3-2-6-23(24)27-28(29(36)30-14-19-11-20(15-30)13-21(12-19)16-30)35-25-8-4-1-5-22(25)9-10-26(35)31(27,17-33)18-34/h1-10,19-21,26-28H,11-16H2/t19?,20?,21?,26-,27+,28+,30?/m0/s1. The van der Waals surface area contributed by atoms with Crippen molar-refractivity contribution in [2.24, 2.45) is 28.6 Å². The van der Waals surface area contributed by atoms with Gasteiger partial charge in [0.05, 0.1) is 24.2 Å². The molecule has 2 aliphatic heterocycles. The van der Waals surface area contributed by atoms with Gasteiger partial charge in [0.1, 0.15) is 0 Å². The maximum Gasteiger partial charge on any atom is 0.176 e. The molecule has 0 spiro atoms. The molecule has 4 bridgehead atoms. The monoisotopic (exact) mass is 585 g/mol. The lowest BCUT2D eigenvalue weighted by atomic mass is 9.47. The summed E-state index contributed by atoms with van der Waals surface area (Å²) >= 11 is 2.31. The molecule has 8 rings (SSSR count). The molecule has 1 saturated heterocycles. The molecule has 3 atom stereocenters. The van der Waals surface area contributed by atoms with E-state index in [1.54, 1.807) is 0 Å². The largest absolute Gasteiger partial charge is 0.351 e. The number of nitrogens with zero attached hydrogens (tertiary/aromatic N) is 3. The second kappa shape index (κ2) is 7.93. The van der Waals surface area contributed by atoms with Crippen LogP contribution in [0.25, 0.3) is 6.08 Å². The molecule has 2 heterocycles. The lowest BCUT2D eigenvalue weighted by molar-refractivity contribution is -0.145. The summed E-state index contributed by atoms with van der Waals surface area (Å²) in [6.45, 7) is 0. The van der Waals surface area contributed by atoms with Gasteiger partial charge >= 0.3 is 0 Å². The number of nitriles is 2. The molecule has 2 aromatic rings. The van der Waals surface area contributed by atoms with Gasteiger partial charge in [-0.3, -0.25) is 4.79 Å². The highest BCUT2D eigenvalue weighted by Gasteiger charge is 2.67. The number of benzene rings is 2. The maximum absolute atomic E-state index is 15.1. The summed E-state index contributed by atoms with van der Waals surface area (Å²) in [6, 6.07) is 20.1. The third-order valence-corrected chi connectivity index (χ3v) is 11.0. The van der Waals surface area contributed by atoms with Gasteiger partial charge in [-0.05, 0) is 102 Å². The van der Waals surface area contributed by atoms with E-state index in [-0.39, 0.29) is 11.2 Å². The van der Waals surface area contributed by atoms with Crippen molar-refractivity contribution in [3.8, 4) is 12.1 Å². The first-order chi connectivity index (χ1) is 17.5. The minimum absolute atomic E-state index is 0.286. The van der Waals surface area contributed by atoms with Gasteiger partial charge in [0.25, 0.3) is 0 Å². The van der Waals surface area contributed by atoms with E-state index in [9.17, 15) is 10.5 Å². The number of halogens is 1. The smallest absolute Gasteiger partial charge is 0.176 e. The number of Topliss-reactive ketones (excluding diaryl/α,β-unsaturated/α-hetero) is 1. The fourth-order valence-electron chi connectivity index (χ4n) is 9.03. The van der Waals surface area contributed by atoms with Crippen LogP contribution in [0.2, 0.25) is 0 Å². The Labute approximate surface area is 226 Å². The predicted octanol–water partition coefficient (Wildman–Crippen LogP) is 6.48. The Hall–Kier alpha value is -2.64. The number of fused-ring (bicyclic) bond motifs is 3. The molecule has 5 fully saturated rings. The van der Waals surface area contributed by atoms with E-state index in [4.69, 9.17) is 0 Å². The number of hydrogen-bond acceptors (Lipinski definition) is 4. The Morgan fingerprint density at radius 2 is 1.53 bits per heavy atom. The van der Waals surface area contributed by atoms with E-state index >= 15 is 4.79 Å². The fourth-order valence-corrected chi connectivity index (χ4v) is 9.75. The van der Waals surface area contributed by atoms with Crippen LogP contribution in [0, 0.1) is 54.8 Å². The molecule has 180 valence electrons. The SMILES string of the molecule is N#CC1(C#N)[C@H](c2ccccc2I)[C@H](C(=O)C23CC4CC(CC(C4)C2)C3)N2c3ccccc3C=C[C@H]21. The van der Waals surface area contributed by atoms with Gasteiger partial charge in [-0.1, -0.05) is 48.6 Å². The molecule has 4 saturated carbocycles. The number of para-hydroxylation sites is 1. The number of carbonyl (C=O) groups is 1. The van der Waals surface area contributed by atoms with Crippen LogP contribution in [0.5, 0.6) is 0 Å². The summed E-state index contributed by atoms with van der Waals surface area (Å²) in [5.41, 5.74) is 1.29. The average Bonchev–Trinajstić information content (AvgIpc) is 3.18. The Morgan fingerprint density at radius 1 is 0.917 bits per heavy atom. The van der Waals surface area contributed by atoms with E-state index in [0.717, 1.165) is 39.6 Å². The molecule has 2 aromatic carbocycles. The summed E-state index contributed by atoms with van der Waals surface area (Å²) in [4.78, 5) is 17.3. The first kappa shape index (κ1) is 22.5. The van der Waals surface area contributed by atoms with Gasteiger partial charge in [0.2, 0.25) is 0 Å². The van der Waals surface area contributed by atoms with Crippen molar-refractivity contribution in [1.82, 2.24) is 0 Å². The van der Waals surface area contributed by atoms with E-state index in [1.807, 2.05) is 48.6 Å². The van der Waals surface area contributed by atoms with Gasteiger partial charge in [-0.25, -0.2) is 0 Å². The predicted molar refractivity (Wildman–Crippen MR) is 147 cm³/mol. The molecule has 0 aromatic heterocycles. The van der Waals surface area contributed by atoms with Gasteiger partial charge in [0, 0.05) is 20.6 Å².